The highest BCUT2D eigenvalue weighted by molar-refractivity contribution is 6.30. The molecule has 1 aromatic carbocycles. The average molecular weight is 291 g/mol. The molecule has 6 nitrogen and oxygen atoms in total. The van der Waals surface area contributed by atoms with Crippen molar-refractivity contribution < 1.29 is 9.26 Å². The van der Waals surface area contributed by atoms with E-state index in [1.54, 1.807) is 37.8 Å². The molecule has 20 heavy (non-hydrogen) atoms. The fraction of sp³-hybridized carbons (Fsp3) is 0.154. The molecule has 0 saturated heterocycles. The fourth-order valence-electron chi connectivity index (χ4n) is 1.81. The monoisotopic (exact) mass is 290 g/mol. The first-order chi connectivity index (χ1) is 9.76. The van der Waals surface area contributed by atoms with Crippen molar-refractivity contribution in [2.45, 2.75) is 6.54 Å². The Morgan fingerprint density at radius 1 is 1.40 bits per heavy atom. The van der Waals surface area contributed by atoms with Crippen LogP contribution in [0.1, 0.15) is 5.89 Å². The van der Waals surface area contributed by atoms with Crippen LogP contribution in [0, 0.1) is 0 Å². The number of methoxy groups -OCH3 is 1. The van der Waals surface area contributed by atoms with Crippen LogP contribution in [-0.2, 0) is 6.54 Å². The second kappa shape index (κ2) is 5.34. The van der Waals surface area contributed by atoms with Crippen molar-refractivity contribution in [3.63, 3.8) is 0 Å². The number of halogens is 1. The van der Waals surface area contributed by atoms with Crippen LogP contribution in [0.3, 0.4) is 0 Å². The Labute approximate surface area is 120 Å². The van der Waals surface area contributed by atoms with Crippen molar-refractivity contribution in [1.29, 1.82) is 0 Å². The Morgan fingerprint density at radius 3 is 3.05 bits per heavy atom. The van der Waals surface area contributed by atoms with E-state index in [0.717, 1.165) is 5.56 Å². The largest absolute Gasteiger partial charge is 0.496 e. The molecule has 2 heterocycles. The van der Waals surface area contributed by atoms with Gasteiger partial charge in [-0.3, -0.25) is 0 Å². The molecule has 0 bridgehead atoms. The lowest BCUT2D eigenvalue weighted by atomic mass is 10.2. The van der Waals surface area contributed by atoms with Crippen LogP contribution in [0.2, 0.25) is 5.02 Å². The number of hydrogen-bond donors (Lipinski definition) is 0. The molecule has 3 rings (SSSR count). The van der Waals surface area contributed by atoms with Gasteiger partial charge < -0.3 is 13.8 Å². The lowest BCUT2D eigenvalue weighted by Gasteiger charge is -2.04. The Balaban J connectivity index is 1.90. The summed E-state index contributed by atoms with van der Waals surface area (Å²) in [6.07, 6.45) is 5.21. The number of nitrogens with zero attached hydrogens (tertiary/aromatic N) is 4. The lowest BCUT2D eigenvalue weighted by molar-refractivity contribution is 0.371. The van der Waals surface area contributed by atoms with Gasteiger partial charge in [0.25, 0.3) is 0 Å². The third-order valence-electron chi connectivity index (χ3n) is 2.75. The topological polar surface area (TPSA) is 66.0 Å². The second-order valence-electron chi connectivity index (χ2n) is 4.09. The zero-order valence-electron chi connectivity index (χ0n) is 10.7. The van der Waals surface area contributed by atoms with Crippen molar-refractivity contribution >= 4 is 11.6 Å². The first-order valence-corrected chi connectivity index (χ1v) is 6.26. The first kappa shape index (κ1) is 12.7. The predicted molar refractivity (Wildman–Crippen MR) is 72.6 cm³/mol. The molecule has 2 aromatic heterocycles. The normalized spacial score (nSPS) is 10.7. The van der Waals surface area contributed by atoms with Crippen molar-refractivity contribution in [3.05, 3.63) is 47.8 Å². The van der Waals surface area contributed by atoms with Crippen LogP contribution in [0.25, 0.3) is 11.4 Å². The smallest absolute Gasteiger partial charge is 0.246 e. The van der Waals surface area contributed by atoms with Crippen molar-refractivity contribution in [1.82, 2.24) is 19.7 Å². The Hall–Kier alpha value is -2.34. The molecular weight excluding hydrogens is 280 g/mol. The van der Waals surface area contributed by atoms with Gasteiger partial charge in [0.1, 0.15) is 12.3 Å². The van der Waals surface area contributed by atoms with Gasteiger partial charge in [0.05, 0.1) is 19.0 Å². The number of rotatable bonds is 4. The summed E-state index contributed by atoms with van der Waals surface area (Å²) in [5.74, 6) is 1.57. The Morgan fingerprint density at radius 2 is 2.30 bits per heavy atom. The van der Waals surface area contributed by atoms with E-state index in [9.17, 15) is 0 Å². The molecule has 0 spiro atoms. The molecule has 0 saturated carbocycles. The van der Waals surface area contributed by atoms with Crippen LogP contribution in [-0.4, -0.2) is 26.8 Å². The average Bonchev–Trinajstić information content (AvgIpc) is 3.11. The molecule has 102 valence electrons. The Bertz CT molecular complexity index is 709. The van der Waals surface area contributed by atoms with Gasteiger partial charge >= 0.3 is 0 Å². The lowest BCUT2D eigenvalue weighted by Crippen LogP contribution is -1.96. The van der Waals surface area contributed by atoms with E-state index in [1.807, 2.05) is 10.8 Å². The van der Waals surface area contributed by atoms with Crippen LogP contribution < -0.4 is 4.74 Å². The van der Waals surface area contributed by atoms with Gasteiger partial charge in [0, 0.05) is 17.4 Å². The van der Waals surface area contributed by atoms with Crippen LogP contribution in [0.15, 0.2) is 41.4 Å². The molecule has 0 fully saturated rings. The van der Waals surface area contributed by atoms with Gasteiger partial charge in [-0.25, -0.2) is 4.98 Å². The summed E-state index contributed by atoms with van der Waals surface area (Å²) in [6.45, 7) is 0.475. The summed E-state index contributed by atoms with van der Waals surface area (Å²) in [7, 11) is 1.57. The predicted octanol–water partition coefficient (Wildman–Crippen LogP) is 2.64. The molecule has 0 atom stereocenters. The maximum absolute atomic E-state index is 5.93. The molecule has 3 aromatic rings. The van der Waals surface area contributed by atoms with Gasteiger partial charge in [-0.05, 0) is 18.2 Å². The highest BCUT2D eigenvalue weighted by atomic mass is 35.5. The second-order valence-corrected chi connectivity index (χ2v) is 4.53. The van der Waals surface area contributed by atoms with E-state index in [1.165, 1.54) is 0 Å². The summed E-state index contributed by atoms with van der Waals surface area (Å²) in [5.41, 5.74) is 0.734. The number of imidazole rings is 1. The molecule has 0 N–H and O–H groups in total. The van der Waals surface area contributed by atoms with Gasteiger partial charge in [0.2, 0.25) is 11.7 Å². The minimum absolute atomic E-state index is 0.466. The van der Waals surface area contributed by atoms with Crippen molar-refractivity contribution in [2.75, 3.05) is 7.11 Å². The van der Waals surface area contributed by atoms with E-state index in [4.69, 9.17) is 20.9 Å². The summed E-state index contributed by atoms with van der Waals surface area (Å²) in [4.78, 5) is 8.30. The van der Waals surface area contributed by atoms with Crippen LogP contribution >= 0.6 is 11.6 Å². The molecule has 7 heteroatoms. The third-order valence-corrected chi connectivity index (χ3v) is 2.98. The highest BCUT2D eigenvalue weighted by Gasteiger charge is 2.13. The SMILES string of the molecule is COc1cc(Cl)ccc1-c1noc(Cn2ccnc2)n1. The summed E-state index contributed by atoms with van der Waals surface area (Å²) in [5, 5.41) is 4.55. The standard InChI is InChI=1S/C13H11ClN4O2/c1-19-11-6-9(14)2-3-10(11)13-16-12(20-17-13)7-18-5-4-15-8-18/h2-6,8H,7H2,1H3. The van der Waals surface area contributed by atoms with Crippen LogP contribution in [0.4, 0.5) is 0 Å². The van der Waals surface area contributed by atoms with Crippen molar-refractivity contribution in [3.8, 4) is 17.1 Å². The maximum atomic E-state index is 5.93. The molecular formula is C13H11ClN4O2. The van der Waals surface area contributed by atoms with Crippen LogP contribution in [0.5, 0.6) is 5.75 Å². The van der Waals surface area contributed by atoms with E-state index in [2.05, 4.69) is 15.1 Å². The summed E-state index contributed by atoms with van der Waals surface area (Å²) in [6, 6.07) is 5.26. The van der Waals surface area contributed by atoms with Gasteiger partial charge in [-0.2, -0.15) is 4.98 Å². The Kier molecular flexibility index (Phi) is 3.39. The maximum Gasteiger partial charge on any atom is 0.246 e. The molecule has 0 aliphatic heterocycles. The first-order valence-electron chi connectivity index (χ1n) is 5.88. The minimum atomic E-state index is 0.466. The third kappa shape index (κ3) is 2.50. The molecule has 0 unspecified atom stereocenters. The summed E-state index contributed by atoms with van der Waals surface area (Å²) >= 11 is 5.93. The molecule has 0 aliphatic rings. The minimum Gasteiger partial charge on any atom is -0.496 e. The number of hydrogen-bond acceptors (Lipinski definition) is 5. The van der Waals surface area contributed by atoms with Gasteiger partial charge in [0.15, 0.2) is 0 Å². The quantitative estimate of drug-likeness (QED) is 0.739. The number of aromatic nitrogens is 4. The zero-order valence-corrected chi connectivity index (χ0v) is 11.4. The van der Waals surface area contributed by atoms with E-state index in [-0.39, 0.29) is 0 Å². The number of benzene rings is 1. The van der Waals surface area contributed by atoms with E-state index < -0.39 is 0 Å². The molecule has 0 amide bonds. The van der Waals surface area contributed by atoms with E-state index >= 15 is 0 Å². The number of ether oxygens (including phenoxy) is 1. The molecule has 0 radical (unpaired) electrons. The fourth-order valence-corrected chi connectivity index (χ4v) is 1.98. The van der Waals surface area contributed by atoms with Crippen molar-refractivity contribution in [2.24, 2.45) is 0 Å². The van der Waals surface area contributed by atoms with Gasteiger partial charge in [-0.1, -0.05) is 16.8 Å². The van der Waals surface area contributed by atoms with E-state index in [0.29, 0.717) is 29.0 Å². The molecule has 0 aliphatic carbocycles. The summed E-state index contributed by atoms with van der Waals surface area (Å²) < 4.78 is 12.3. The zero-order chi connectivity index (χ0) is 13.9. The van der Waals surface area contributed by atoms with Gasteiger partial charge in [-0.15, -0.1) is 0 Å². The highest BCUT2D eigenvalue weighted by Crippen LogP contribution is 2.30.